The molecule has 0 amide bonds. The average molecular weight is 266 g/mol. The zero-order chi connectivity index (χ0) is 14.5. The zero-order valence-corrected chi connectivity index (χ0v) is 13.3. The predicted octanol–water partition coefficient (Wildman–Crippen LogP) is 3.53. The van der Waals surface area contributed by atoms with Crippen molar-refractivity contribution in [2.75, 3.05) is 0 Å². The molecule has 0 aromatic carbocycles. The number of hydrogen-bond donors (Lipinski definition) is 1. The molecular weight excluding hydrogens is 236 g/mol. The van der Waals surface area contributed by atoms with E-state index in [1.807, 2.05) is 0 Å². The standard InChI is InChI=1S/C17H30O2/c1-9(2)16-10(3)17(5,6)14-8-15(19)12(11(4)18)7-13(14)16/h9-10,12-16,19H,7-8H2,1-6H3. The molecule has 0 bridgehead atoms. The van der Waals surface area contributed by atoms with Gasteiger partial charge >= 0.3 is 0 Å². The number of Topliss-reactive ketones (excluding diaryl/α,β-unsaturated/α-hetero) is 1. The second-order valence-electron chi connectivity index (χ2n) is 7.96. The van der Waals surface area contributed by atoms with Crippen LogP contribution in [0.15, 0.2) is 0 Å². The number of aliphatic hydroxyl groups excluding tert-OH is 1. The predicted molar refractivity (Wildman–Crippen MR) is 77.7 cm³/mol. The first-order chi connectivity index (χ1) is 8.67. The van der Waals surface area contributed by atoms with Crippen LogP contribution in [0, 0.1) is 40.9 Å². The van der Waals surface area contributed by atoms with E-state index in [1.165, 1.54) is 0 Å². The van der Waals surface area contributed by atoms with Crippen LogP contribution in [0.3, 0.4) is 0 Å². The van der Waals surface area contributed by atoms with Crippen molar-refractivity contribution in [1.29, 1.82) is 0 Å². The Hall–Kier alpha value is -0.370. The molecule has 6 unspecified atom stereocenters. The Morgan fingerprint density at radius 1 is 1.26 bits per heavy atom. The monoisotopic (exact) mass is 266 g/mol. The molecule has 0 aromatic heterocycles. The van der Waals surface area contributed by atoms with Crippen LogP contribution >= 0.6 is 0 Å². The summed E-state index contributed by atoms with van der Waals surface area (Å²) < 4.78 is 0. The molecule has 0 saturated heterocycles. The van der Waals surface area contributed by atoms with E-state index in [-0.39, 0.29) is 17.1 Å². The molecule has 2 saturated carbocycles. The van der Waals surface area contributed by atoms with Gasteiger partial charge in [-0.3, -0.25) is 4.79 Å². The smallest absolute Gasteiger partial charge is 0.135 e. The number of carbonyl (C=O) groups excluding carboxylic acids is 1. The second-order valence-corrected chi connectivity index (χ2v) is 7.96. The van der Waals surface area contributed by atoms with Crippen molar-refractivity contribution in [3.8, 4) is 0 Å². The van der Waals surface area contributed by atoms with Gasteiger partial charge in [0.2, 0.25) is 0 Å². The number of hydrogen-bond acceptors (Lipinski definition) is 2. The normalized spacial score (nSPS) is 45.3. The van der Waals surface area contributed by atoms with Crippen molar-refractivity contribution in [2.45, 2.75) is 60.5 Å². The lowest BCUT2D eigenvalue weighted by atomic mass is 9.65. The molecule has 0 spiro atoms. The summed E-state index contributed by atoms with van der Waals surface area (Å²) in [6.45, 7) is 13.4. The Morgan fingerprint density at radius 2 is 1.84 bits per heavy atom. The van der Waals surface area contributed by atoms with Gasteiger partial charge in [0.05, 0.1) is 6.10 Å². The minimum absolute atomic E-state index is 0.122. The molecule has 0 aliphatic heterocycles. The van der Waals surface area contributed by atoms with Crippen molar-refractivity contribution in [1.82, 2.24) is 0 Å². The highest BCUT2D eigenvalue weighted by Crippen LogP contribution is 2.61. The summed E-state index contributed by atoms with van der Waals surface area (Å²) in [5.41, 5.74) is 0.280. The van der Waals surface area contributed by atoms with Gasteiger partial charge in [-0.2, -0.15) is 0 Å². The van der Waals surface area contributed by atoms with E-state index in [1.54, 1.807) is 6.92 Å². The molecule has 2 aliphatic rings. The summed E-state index contributed by atoms with van der Waals surface area (Å²) in [5.74, 6) is 3.25. The van der Waals surface area contributed by atoms with Crippen LogP contribution in [0.25, 0.3) is 0 Å². The first-order valence-corrected chi connectivity index (χ1v) is 7.86. The number of carbonyl (C=O) groups is 1. The molecule has 2 aliphatic carbocycles. The van der Waals surface area contributed by atoms with Crippen molar-refractivity contribution < 1.29 is 9.90 Å². The Labute approximate surface area is 118 Å². The van der Waals surface area contributed by atoms with Crippen molar-refractivity contribution in [3.63, 3.8) is 0 Å². The Morgan fingerprint density at radius 3 is 2.32 bits per heavy atom. The fourth-order valence-corrected chi connectivity index (χ4v) is 5.21. The van der Waals surface area contributed by atoms with Crippen LogP contribution in [-0.2, 0) is 4.79 Å². The largest absolute Gasteiger partial charge is 0.392 e. The highest BCUT2D eigenvalue weighted by Gasteiger charge is 2.57. The molecule has 110 valence electrons. The van der Waals surface area contributed by atoms with E-state index in [0.717, 1.165) is 12.8 Å². The van der Waals surface area contributed by atoms with E-state index >= 15 is 0 Å². The Bertz CT molecular complexity index is 358. The van der Waals surface area contributed by atoms with E-state index in [0.29, 0.717) is 29.6 Å². The lowest BCUT2D eigenvalue weighted by Crippen LogP contribution is -2.41. The molecule has 19 heavy (non-hydrogen) atoms. The number of ketones is 1. The summed E-state index contributed by atoms with van der Waals surface area (Å²) in [7, 11) is 0. The third-order valence-electron chi connectivity index (χ3n) is 6.50. The second kappa shape index (κ2) is 4.87. The van der Waals surface area contributed by atoms with Crippen LogP contribution in [-0.4, -0.2) is 17.0 Å². The summed E-state index contributed by atoms with van der Waals surface area (Å²) in [6.07, 6.45) is 1.30. The number of fused-ring (bicyclic) bond motifs is 1. The van der Waals surface area contributed by atoms with Crippen LogP contribution in [0.5, 0.6) is 0 Å². The third kappa shape index (κ3) is 2.26. The molecule has 0 heterocycles. The summed E-state index contributed by atoms with van der Waals surface area (Å²) >= 11 is 0. The minimum atomic E-state index is -0.420. The quantitative estimate of drug-likeness (QED) is 0.830. The molecule has 6 atom stereocenters. The SMILES string of the molecule is CC(=O)C1CC2C(C(C)C)C(C)C(C)(C)C2CC1O. The van der Waals surface area contributed by atoms with Gasteiger partial charge in [-0.15, -0.1) is 0 Å². The van der Waals surface area contributed by atoms with Crippen molar-refractivity contribution in [3.05, 3.63) is 0 Å². The first kappa shape index (κ1) is 15.0. The minimum Gasteiger partial charge on any atom is -0.392 e. The molecule has 0 radical (unpaired) electrons. The number of rotatable bonds is 2. The van der Waals surface area contributed by atoms with Gasteiger partial charge in [0.15, 0.2) is 0 Å². The molecule has 2 fully saturated rings. The lowest BCUT2D eigenvalue weighted by molar-refractivity contribution is -0.128. The van der Waals surface area contributed by atoms with Crippen LogP contribution in [0.1, 0.15) is 54.4 Å². The van der Waals surface area contributed by atoms with E-state index in [9.17, 15) is 9.90 Å². The van der Waals surface area contributed by atoms with Crippen LogP contribution in [0.2, 0.25) is 0 Å². The molecule has 2 rings (SSSR count). The molecule has 2 nitrogen and oxygen atoms in total. The average Bonchev–Trinajstić information content (AvgIpc) is 2.47. The summed E-state index contributed by atoms with van der Waals surface area (Å²) in [6, 6.07) is 0. The number of aliphatic hydroxyl groups is 1. The maximum absolute atomic E-state index is 11.8. The molecular formula is C17H30O2. The maximum Gasteiger partial charge on any atom is 0.135 e. The molecule has 1 N–H and O–H groups in total. The Kier molecular flexibility index (Phi) is 3.85. The van der Waals surface area contributed by atoms with Gasteiger partial charge in [0.1, 0.15) is 5.78 Å². The lowest BCUT2D eigenvalue weighted by Gasteiger charge is -2.41. The van der Waals surface area contributed by atoms with E-state index in [4.69, 9.17) is 0 Å². The first-order valence-electron chi connectivity index (χ1n) is 7.86. The van der Waals surface area contributed by atoms with Gasteiger partial charge < -0.3 is 5.11 Å². The Balaban J connectivity index is 2.32. The topological polar surface area (TPSA) is 37.3 Å². The summed E-state index contributed by atoms with van der Waals surface area (Å²) in [4.78, 5) is 11.8. The zero-order valence-electron chi connectivity index (χ0n) is 13.3. The fourth-order valence-electron chi connectivity index (χ4n) is 5.21. The highest BCUT2D eigenvalue weighted by atomic mass is 16.3. The highest BCUT2D eigenvalue weighted by molar-refractivity contribution is 5.79. The summed E-state index contributed by atoms with van der Waals surface area (Å²) in [5, 5.41) is 10.3. The third-order valence-corrected chi connectivity index (χ3v) is 6.50. The van der Waals surface area contributed by atoms with Gasteiger partial charge in [-0.05, 0) is 54.8 Å². The fraction of sp³-hybridized carbons (Fsp3) is 0.941. The van der Waals surface area contributed by atoms with Crippen molar-refractivity contribution in [2.24, 2.45) is 40.9 Å². The van der Waals surface area contributed by atoms with E-state index in [2.05, 4.69) is 34.6 Å². The van der Waals surface area contributed by atoms with Gasteiger partial charge in [0, 0.05) is 5.92 Å². The van der Waals surface area contributed by atoms with Gasteiger partial charge in [0.25, 0.3) is 0 Å². The van der Waals surface area contributed by atoms with Gasteiger partial charge in [-0.1, -0.05) is 34.6 Å². The van der Waals surface area contributed by atoms with E-state index < -0.39 is 6.10 Å². The molecule has 0 aromatic rings. The van der Waals surface area contributed by atoms with Crippen LogP contribution < -0.4 is 0 Å². The van der Waals surface area contributed by atoms with Gasteiger partial charge in [-0.25, -0.2) is 0 Å². The van der Waals surface area contributed by atoms with Crippen molar-refractivity contribution >= 4 is 5.78 Å². The maximum atomic E-state index is 11.8. The van der Waals surface area contributed by atoms with Crippen LogP contribution in [0.4, 0.5) is 0 Å². The molecule has 2 heteroatoms.